The topological polar surface area (TPSA) is 98.0 Å². The summed E-state index contributed by atoms with van der Waals surface area (Å²) in [6.45, 7) is 3.82. The Morgan fingerprint density at radius 3 is 2.78 bits per heavy atom. The second kappa shape index (κ2) is 6.79. The van der Waals surface area contributed by atoms with Gasteiger partial charge >= 0.3 is 0 Å². The fraction of sp³-hybridized carbons (Fsp3) is 0.316. The molecule has 0 bridgehead atoms. The first-order chi connectivity index (χ1) is 13.0. The van der Waals surface area contributed by atoms with Crippen molar-refractivity contribution in [3.8, 4) is 11.5 Å². The van der Waals surface area contributed by atoms with E-state index in [1.165, 1.54) is 0 Å². The summed E-state index contributed by atoms with van der Waals surface area (Å²) >= 11 is 0. The molecule has 2 aliphatic heterocycles. The first-order valence-corrected chi connectivity index (χ1v) is 8.70. The summed E-state index contributed by atoms with van der Waals surface area (Å²) in [5.74, 6) is 1.32. The van der Waals surface area contributed by atoms with Crippen LogP contribution in [0.25, 0.3) is 0 Å². The number of aromatic nitrogens is 1. The van der Waals surface area contributed by atoms with Gasteiger partial charge in [0, 0.05) is 25.3 Å². The van der Waals surface area contributed by atoms with Gasteiger partial charge in [-0.2, -0.15) is 0 Å². The molecular weight excluding hydrogens is 348 g/mol. The van der Waals surface area contributed by atoms with Gasteiger partial charge in [0.1, 0.15) is 5.82 Å². The van der Waals surface area contributed by atoms with Crippen LogP contribution < -0.4 is 20.1 Å². The maximum atomic E-state index is 12.7. The first kappa shape index (κ1) is 17.1. The third-order valence-corrected chi connectivity index (χ3v) is 4.71. The molecule has 8 heteroatoms. The number of carbonyl (C=O) groups is 2. The molecule has 0 saturated carbocycles. The average molecular weight is 368 g/mol. The van der Waals surface area contributed by atoms with E-state index in [1.54, 1.807) is 17.0 Å². The maximum Gasteiger partial charge on any atom is 0.252 e. The molecule has 0 unspecified atom stereocenters. The van der Waals surface area contributed by atoms with Crippen LogP contribution in [-0.4, -0.2) is 48.1 Å². The van der Waals surface area contributed by atoms with Crippen molar-refractivity contribution >= 4 is 17.6 Å². The zero-order valence-corrected chi connectivity index (χ0v) is 15.0. The van der Waals surface area contributed by atoms with Crippen molar-refractivity contribution in [3.05, 3.63) is 47.2 Å². The molecule has 3 heterocycles. The zero-order valence-electron chi connectivity index (χ0n) is 15.0. The number of fused-ring (bicyclic) bond motifs is 1. The second-order valence-corrected chi connectivity index (χ2v) is 6.61. The normalized spacial score (nSPS) is 16.0. The summed E-state index contributed by atoms with van der Waals surface area (Å²) in [5.41, 5.74) is 7.54. The molecule has 2 aromatic rings. The van der Waals surface area contributed by atoms with Gasteiger partial charge in [0.05, 0.1) is 12.1 Å². The van der Waals surface area contributed by atoms with E-state index in [1.807, 2.05) is 30.0 Å². The molecule has 27 heavy (non-hydrogen) atoms. The van der Waals surface area contributed by atoms with Crippen LogP contribution in [0, 0.1) is 6.92 Å². The minimum Gasteiger partial charge on any atom is -0.454 e. The van der Waals surface area contributed by atoms with Crippen molar-refractivity contribution in [3.63, 3.8) is 0 Å². The number of nitrogens with zero attached hydrogens (tertiary/aromatic N) is 3. The van der Waals surface area contributed by atoms with Crippen LogP contribution >= 0.6 is 0 Å². The van der Waals surface area contributed by atoms with Gasteiger partial charge in [-0.05, 0) is 36.8 Å². The predicted molar refractivity (Wildman–Crippen MR) is 97.7 cm³/mol. The molecule has 1 aromatic heterocycles. The highest BCUT2D eigenvalue weighted by Crippen LogP contribution is 2.33. The molecule has 0 spiro atoms. The largest absolute Gasteiger partial charge is 0.454 e. The van der Waals surface area contributed by atoms with Crippen LogP contribution in [0.4, 0.5) is 5.82 Å². The van der Waals surface area contributed by atoms with Crippen LogP contribution in [0.5, 0.6) is 11.5 Å². The summed E-state index contributed by atoms with van der Waals surface area (Å²) in [7, 11) is 0. The molecule has 1 fully saturated rings. The number of ether oxygens (including phenoxy) is 2. The van der Waals surface area contributed by atoms with E-state index in [9.17, 15) is 9.59 Å². The summed E-state index contributed by atoms with van der Waals surface area (Å²) in [6.07, 6.45) is 0. The molecule has 2 amide bonds. The van der Waals surface area contributed by atoms with Crippen LogP contribution in [-0.2, 0) is 11.3 Å². The fourth-order valence-corrected chi connectivity index (χ4v) is 3.29. The minimum absolute atomic E-state index is 0.0300. The number of anilines is 1. The summed E-state index contributed by atoms with van der Waals surface area (Å²) < 4.78 is 10.7. The number of aryl methyl sites for hydroxylation is 1. The highest BCUT2D eigenvalue weighted by molar-refractivity contribution is 5.98. The molecule has 0 atom stereocenters. The number of primary amides is 1. The number of piperazine rings is 1. The Bertz CT molecular complexity index is 915. The number of nitrogens with two attached hydrogens (primary N) is 1. The molecule has 1 saturated heterocycles. The smallest absolute Gasteiger partial charge is 0.252 e. The lowest BCUT2D eigenvalue weighted by atomic mass is 10.1. The van der Waals surface area contributed by atoms with Gasteiger partial charge in [-0.15, -0.1) is 0 Å². The molecular formula is C19H20N4O4. The van der Waals surface area contributed by atoms with Crippen molar-refractivity contribution in [1.82, 2.24) is 9.88 Å². The molecule has 2 N–H and O–H groups in total. The fourth-order valence-electron chi connectivity index (χ4n) is 3.29. The molecule has 8 nitrogen and oxygen atoms in total. The molecule has 1 aromatic carbocycles. The lowest BCUT2D eigenvalue weighted by Crippen LogP contribution is -2.50. The number of pyridine rings is 1. The third-order valence-electron chi connectivity index (χ3n) is 4.71. The predicted octanol–water partition coefficient (Wildman–Crippen LogP) is 1.07. The van der Waals surface area contributed by atoms with Crippen molar-refractivity contribution in [2.45, 2.75) is 13.5 Å². The van der Waals surface area contributed by atoms with Crippen LogP contribution in [0.1, 0.15) is 21.6 Å². The third kappa shape index (κ3) is 3.38. The van der Waals surface area contributed by atoms with E-state index < -0.39 is 5.91 Å². The minimum atomic E-state index is -0.548. The van der Waals surface area contributed by atoms with Gasteiger partial charge in [-0.1, -0.05) is 6.07 Å². The Morgan fingerprint density at radius 2 is 2.00 bits per heavy atom. The van der Waals surface area contributed by atoms with Crippen LogP contribution in [0.2, 0.25) is 0 Å². The Balaban J connectivity index is 1.48. The highest BCUT2D eigenvalue weighted by atomic mass is 16.7. The van der Waals surface area contributed by atoms with E-state index in [-0.39, 0.29) is 19.2 Å². The van der Waals surface area contributed by atoms with Crippen molar-refractivity contribution in [2.75, 3.05) is 31.3 Å². The Kier molecular flexibility index (Phi) is 4.31. The molecule has 0 aliphatic carbocycles. The standard InChI is InChI=1S/C19H20N4O4/c1-12-2-4-14(18(20)25)19(21-12)23-7-6-22(17(24)10-23)9-13-3-5-15-16(8-13)27-11-26-15/h2-5,8H,6-7,9-11H2,1H3,(H2,20,25). The number of benzene rings is 1. The second-order valence-electron chi connectivity index (χ2n) is 6.61. The van der Waals surface area contributed by atoms with Gasteiger partial charge in [-0.3, -0.25) is 9.59 Å². The SMILES string of the molecule is Cc1ccc(C(N)=O)c(N2CCN(Cc3ccc4c(c3)OCO4)C(=O)C2)n1. The number of hydrogen-bond donors (Lipinski definition) is 1. The number of hydrogen-bond acceptors (Lipinski definition) is 6. The lowest BCUT2D eigenvalue weighted by molar-refractivity contribution is -0.131. The Morgan fingerprint density at radius 1 is 1.19 bits per heavy atom. The molecule has 140 valence electrons. The van der Waals surface area contributed by atoms with Crippen LogP contribution in [0.3, 0.4) is 0 Å². The van der Waals surface area contributed by atoms with E-state index in [4.69, 9.17) is 15.2 Å². The molecule has 2 aliphatic rings. The summed E-state index contributed by atoms with van der Waals surface area (Å²) in [6, 6.07) is 9.08. The van der Waals surface area contributed by atoms with Crippen molar-refractivity contribution in [1.29, 1.82) is 0 Å². The number of carbonyl (C=O) groups excluding carboxylic acids is 2. The monoisotopic (exact) mass is 368 g/mol. The number of amides is 2. The van der Waals surface area contributed by atoms with Crippen LogP contribution in [0.15, 0.2) is 30.3 Å². The van der Waals surface area contributed by atoms with Gasteiger partial charge in [-0.25, -0.2) is 4.98 Å². The van der Waals surface area contributed by atoms with Crippen molar-refractivity contribution < 1.29 is 19.1 Å². The Labute approximate surface area is 156 Å². The van der Waals surface area contributed by atoms with Gasteiger partial charge in [0.15, 0.2) is 11.5 Å². The zero-order chi connectivity index (χ0) is 19.0. The summed E-state index contributed by atoms with van der Waals surface area (Å²) in [5, 5.41) is 0. The molecule has 0 radical (unpaired) electrons. The highest BCUT2D eigenvalue weighted by Gasteiger charge is 2.27. The van der Waals surface area contributed by atoms with E-state index in [2.05, 4.69) is 4.98 Å². The maximum absolute atomic E-state index is 12.7. The van der Waals surface area contributed by atoms with Crippen molar-refractivity contribution in [2.24, 2.45) is 5.73 Å². The van der Waals surface area contributed by atoms with Gasteiger partial charge in [0.25, 0.3) is 5.91 Å². The van der Waals surface area contributed by atoms with Gasteiger partial charge < -0.3 is 25.0 Å². The quantitative estimate of drug-likeness (QED) is 0.867. The Hall–Kier alpha value is -3.29. The lowest BCUT2D eigenvalue weighted by Gasteiger charge is -2.35. The van der Waals surface area contributed by atoms with E-state index in [0.717, 1.165) is 17.0 Å². The first-order valence-electron chi connectivity index (χ1n) is 8.70. The number of rotatable bonds is 4. The average Bonchev–Trinajstić information content (AvgIpc) is 3.11. The van der Waals surface area contributed by atoms with E-state index in [0.29, 0.717) is 36.8 Å². The molecule has 4 rings (SSSR count). The summed E-state index contributed by atoms with van der Waals surface area (Å²) in [4.78, 5) is 32.4. The van der Waals surface area contributed by atoms with E-state index >= 15 is 0 Å². The van der Waals surface area contributed by atoms with Gasteiger partial charge in [0.2, 0.25) is 12.7 Å².